The van der Waals surface area contributed by atoms with Gasteiger partial charge >= 0.3 is 0 Å². The predicted octanol–water partition coefficient (Wildman–Crippen LogP) is 1.69. The van der Waals surface area contributed by atoms with Crippen LogP contribution in [0.3, 0.4) is 0 Å². The van der Waals surface area contributed by atoms with Gasteiger partial charge in [-0.05, 0) is 36.5 Å². The Bertz CT molecular complexity index is 596. The molecule has 0 aromatic heterocycles. The van der Waals surface area contributed by atoms with Crippen molar-refractivity contribution in [1.82, 2.24) is 0 Å². The first kappa shape index (κ1) is 16.0. The average Bonchev–Trinajstić information content (AvgIpc) is 2.76. The largest absolute Gasteiger partial charge is 0.327 e. The van der Waals surface area contributed by atoms with Crippen LogP contribution in [0.15, 0.2) is 24.3 Å². The number of sulfone groups is 1. The zero-order valence-corrected chi connectivity index (χ0v) is 13.0. The standard InChI is InChI=1S/C15H22N2O3S/c1-21(19,20)10-11-5-7-13(8-6-11)17-15(18)9-12-3-2-4-14(12)16/h5-8,12,14H,2-4,9-10,16H2,1H3,(H,17,18)/t12-,14+/m0/s1. The Morgan fingerprint density at radius 2 is 1.95 bits per heavy atom. The number of hydrogen-bond donors (Lipinski definition) is 2. The van der Waals surface area contributed by atoms with E-state index in [4.69, 9.17) is 5.73 Å². The molecule has 3 N–H and O–H groups in total. The summed E-state index contributed by atoms with van der Waals surface area (Å²) in [6, 6.07) is 7.03. The molecule has 0 spiro atoms. The van der Waals surface area contributed by atoms with Gasteiger partial charge in [0.05, 0.1) is 5.75 Å². The van der Waals surface area contributed by atoms with Crippen LogP contribution in [0.25, 0.3) is 0 Å². The van der Waals surface area contributed by atoms with E-state index in [9.17, 15) is 13.2 Å². The second-order valence-corrected chi connectivity index (χ2v) is 8.01. The molecule has 0 saturated heterocycles. The van der Waals surface area contributed by atoms with Gasteiger partial charge in [0.15, 0.2) is 9.84 Å². The van der Waals surface area contributed by atoms with Gasteiger partial charge in [-0.3, -0.25) is 4.79 Å². The smallest absolute Gasteiger partial charge is 0.224 e. The lowest BCUT2D eigenvalue weighted by atomic mass is 10.00. The Morgan fingerprint density at radius 3 is 2.48 bits per heavy atom. The van der Waals surface area contributed by atoms with E-state index in [1.807, 2.05) is 0 Å². The van der Waals surface area contributed by atoms with Crippen molar-refractivity contribution >= 4 is 21.4 Å². The first-order valence-electron chi connectivity index (χ1n) is 7.15. The second-order valence-electron chi connectivity index (χ2n) is 5.87. The summed E-state index contributed by atoms with van der Waals surface area (Å²) < 4.78 is 22.4. The van der Waals surface area contributed by atoms with E-state index in [1.165, 1.54) is 6.26 Å². The maximum absolute atomic E-state index is 12.0. The molecular formula is C15H22N2O3S. The third kappa shape index (κ3) is 5.13. The molecule has 1 aliphatic carbocycles. The molecule has 6 heteroatoms. The Kier molecular flexibility index (Phi) is 5.00. The molecule has 0 unspecified atom stereocenters. The lowest BCUT2D eigenvalue weighted by Gasteiger charge is -2.14. The number of hydrogen-bond acceptors (Lipinski definition) is 4. The van der Waals surface area contributed by atoms with Crippen molar-refractivity contribution in [3.63, 3.8) is 0 Å². The number of amides is 1. The van der Waals surface area contributed by atoms with Gasteiger partial charge in [0.1, 0.15) is 0 Å². The van der Waals surface area contributed by atoms with Gasteiger partial charge in [-0.2, -0.15) is 0 Å². The van der Waals surface area contributed by atoms with Crippen molar-refractivity contribution < 1.29 is 13.2 Å². The quantitative estimate of drug-likeness (QED) is 0.866. The molecule has 1 aromatic carbocycles. The van der Waals surface area contributed by atoms with E-state index in [0.717, 1.165) is 19.3 Å². The van der Waals surface area contributed by atoms with Crippen LogP contribution in [-0.4, -0.2) is 26.6 Å². The fourth-order valence-corrected chi connectivity index (χ4v) is 3.55. The number of carbonyl (C=O) groups excluding carboxylic acids is 1. The molecule has 21 heavy (non-hydrogen) atoms. The summed E-state index contributed by atoms with van der Waals surface area (Å²) >= 11 is 0. The number of nitrogens with one attached hydrogen (secondary N) is 1. The van der Waals surface area contributed by atoms with Crippen LogP contribution in [0.4, 0.5) is 5.69 Å². The molecule has 0 bridgehead atoms. The van der Waals surface area contributed by atoms with E-state index in [1.54, 1.807) is 24.3 Å². The van der Waals surface area contributed by atoms with Crippen molar-refractivity contribution in [3.05, 3.63) is 29.8 Å². The van der Waals surface area contributed by atoms with Gasteiger partial charge in [0.25, 0.3) is 0 Å². The number of anilines is 1. The second kappa shape index (κ2) is 6.58. The highest BCUT2D eigenvalue weighted by molar-refractivity contribution is 7.89. The number of rotatable bonds is 5. The molecule has 0 heterocycles. The number of benzene rings is 1. The molecule has 1 aliphatic rings. The van der Waals surface area contributed by atoms with E-state index in [-0.39, 0.29) is 23.6 Å². The van der Waals surface area contributed by atoms with Gasteiger partial charge in [-0.1, -0.05) is 18.6 Å². The molecule has 2 atom stereocenters. The Hall–Kier alpha value is -1.40. The SMILES string of the molecule is CS(=O)(=O)Cc1ccc(NC(=O)C[C@@H]2CCC[C@H]2N)cc1. The first-order chi connectivity index (χ1) is 9.83. The summed E-state index contributed by atoms with van der Waals surface area (Å²) in [6.45, 7) is 0. The van der Waals surface area contributed by atoms with Crippen molar-refractivity contribution in [2.75, 3.05) is 11.6 Å². The zero-order chi connectivity index (χ0) is 15.5. The number of carbonyl (C=O) groups is 1. The highest BCUT2D eigenvalue weighted by atomic mass is 32.2. The van der Waals surface area contributed by atoms with Crippen LogP contribution in [0.5, 0.6) is 0 Å². The Balaban J connectivity index is 1.89. The van der Waals surface area contributed by atoms with Gasteiger partial charge in [0, 0.05) is 24.4 Å². The topological polar surface area (TPSA) is 89.3 Å². The Morgan fingerprint density at radius 1 is 1.29 bits per heavy atom. The molecule has 5 nitrogen and oxygen atoms in total. The molecule has 2 rings (SSSR count). The van der Waals surface area contributed by atoms with Gasteiger partial charge in [0.2, 0.25) is 5.91 Å². The third-order valence-electron chi connectivity index (χ3n) is 3.83. The summed E-state index contributed by atoms with van der Waals surface area (Å²) in [5.41, 5.74) is 7.36. The Labute approximate surface area is 125 Å². The van der Waals surface area contributed by atoms with Gasteiger partial charge in [-0.25, -0.2) is 8.42 Å². The summed E-state index contributed by atoms with van der Waals surface area (Å²) in [6.07, 6.45) is 4.76. The monoisotopic (exact) mass is 310 g/mol. The van der Waals surface area contributed by atoms with E-state index in [0.29, 0.717) is 17.7 Å². The molecule has 1 amide bonds. The van der Waals surface area contributed by atoms with Crippen molar-refractivity contribution in [3.8, 4) is 0 Å². The fraction of sp³-hybridized carbons (Fsp3) is 0.533. The number of nitrogens with two attached hydrogens (primary N) is 1. The lowest BCUT2D eigenvalue weighted by molar-refractivity contribution is -0.117. The average molecular weight is 310 g/mol. The highest BCUT2D eigenvalue weighted by Gasteiger charge is 2.25. The minimum Gasteiger partial charge on any atom is -0.327 e. The fourth-order valence-electron chi connectivity index (χ4n) is 2.76. The minimum absolute atomic E-state index is 0.0121. The molecular weight excluding hydrogens is 288 g/mol. The van der Waals surface area contributed by atoms with Crippen LogP contribution in [0.1, 0.15) is 31.2 Å². The molecule has 1 fully saturated rings. The van der Waals surface area contributed by atoms with Crippen molar-refractivity contribution in [1.29, 1.82) is 0 Å². The summed E-state index contributed by atoms with van der Waals surface area (Å²) in [5, 5.41) is 2.84. The van der Waals surface area contributed by atoms with E-state index >= 15 is 0 Å². The summed E-state index contributed by atoms with van der Waals surface area (Å²) in [4.78, 5) is 12.0. The van der Waals surface area contributed by atoms with E-state index in [2.05, 4.69) is 5.32 Å². The van der Waals surface area contributed by atoms with Crippen LogP contribution in [0.2, 0.25) is 0 Å². The third-order valence-corrected chi connectivity index (χ3v) is 4.69. The molecule has 1 saturated carbocycles. The van der Waals surface area contributed by atoms with Crippen molar-refractivity contribution in [2.24, 2.45) is 11.7 Å². The lowest BCUT2D eigenvalue weighted by Crippen LogP contribution is -2.28. The zero-order valence-electron chi connectivity index (χ0n) is 12.2. The summed E-state index contributed by atoms with van der Waals surface area (Å²) in [5.74, 6) is 0.251. The predicted molar refractivity (Wildman–Crippen MR) is 83.6 cm³/mol. The van der Waals surface area contributed by atoms with E-state index < -0.39 is 9.84 Å². The van der Waals surface area contributed by atoms with Crippen LogP contribution in [-0.2, 0) is 20.4 Å². The molecule has 0 aliphatic heterocycles. The van der Waals surface area contributed by atoms with Crippen molar-refractivity contribution in [2.45, 2.75) is 37.5 Å². The summed E-state index contributed by atoms with van der Waals surface area (Å²) in [7, 11) is -3.04. The van der Waals surface area contributed by atoms with Gasteiger partial charge in [-0.15, -0.1) is 0 Å². The normalized spacial score (nSPS) is 22.2. The maximum Gasteiger partial charge on any atom is 0.224 e. The highest BCUT2D eigenvalue weighted by Crippen LogP contribution is 2.27. The molecule has 0 radical (unpaired) electrons. The first-order valence-corrected chi connectivity index (χ1v) is 9.21. The maximum atomic E-state index is 12.0. The minimum atomic E-state index is -3.04. The van der Waals surface area contributed by atoms with Crippen LogP contribution < -0.4 is 11.1 Å². The van der Waals surface area contributed by atoms with Crippen LogP contribution >= 0.6 is 0 Å². The van der Waals surface area contributed by atoms with Crippen LogP contribution in [0, 0.1) is 5.92 Å². The molecule has 116 valence electrons. The van der Waals surface area contributed by atoms with Gasteiger partial charge < -0.3 is 11.1 Å². The molecule has 1 aromatic rings.